The van der Waals surface area contributed by atoms with Crippen LogP contribution in [0, 0.1) is 11.3 Å². The molecule has 0 spiro atoms. The number of nitriles is 1. The van der Waals surface area contributed by atoms with Gasteiger partial charge in [0.1, 0.15) is 17.5 Å². The normalized spacial score (nSPS) is 10.4. The molecule has 1 N–H and O–H groups in total. The van der Waals surface area contributed by atoms with E-state index in [0.29, 0.717) is 22.1 Å². The fraction of sp³-hybridized carbons (Fsp3) is 0.105. The molecule has 0 saturated carbocycles. The molecule has 6 heteroatoms. The number of carboxylic acid groups (broad SMARTS) is 1. The summed E-state index contributed by atoms with van der Waals surface area (Å²) in [7, 11) is 1.56. The van der Waals surface area contributed by atoms with Crippen LogP contribution in [0.5, 0.6) is 5.75 Å². The fourth-order valence-electron chi connectivity index (χ4n) is 2.76. The van der Waals surface area contributed by atoms with E-state index < -0.39 is 12.6 Å². The first-order valence-electron chi connectivity index (χ1n) is 7.49. The van der Waals surface area contributed by atoms with Crippen molar-refractivity contribution in [2.24, 2.45) is 7.05 Å². The maximum absolute atomic E-state index is 12.5. The van der Waals surface area contributed by atoms with Crippen LogP contribution in [0.2, 0.25) is 0 Å². The quantitative estimate of drug-likeness (QED) is 0.791. The third-order valence-electron chi connectivity index (χ3n) is 3.90. The van der Waals surface area contributed by atoms with Gasteiger partial charge in [-0.1, -0.05) is 30.3 Å². The van der Waals surface area contributed by atoms with Crippen LogP contribution in [-0.2, 0) is 11.8 Å². The van der Waals surface area contributed by atoms with Crippen LogP contribution in [0.3, 0.4) is 0 Å². The van der Waals surface area contributed by atoms with E-state index in [-0.39, 0.29) is 11.3 Å². The predicted octanol–water partition coefficient (Wildman–Crippen LogP) is 2.54. The number of aromatic nitrogens is 1. The van der Waals surface area contributed by atoms with Crippen molar-refractivity contribution in [2.45, 2.75) is 0 Å². The Balaban J connectivity index is 2.35. The lowest BCUT2D eigenvalue weighted by atomic mass is 9.97. The highest BCUT2D eigenvalue weighted by molar-refractivity contribution is 5.99. The van der Waals surface area contributed by atoms with Gasteiger partial charge in [-0.2, -0.15) is 5.26 Å². The molecule has 0 aliphatic carbocycles. The van der Waals surface area contributed by atoms with Crippen molar-refractivity contribution >= 4 is 16.7 Å². The molecule has 0 aliphatic rings. The summed E-state index contributed by atoms with van der Waals surface area (Å²) < 4.78 is 6.54. The Bertz CT molecular complexity index is 1060. The van der Waals surface area contributed by atoms with E-state index in [1.54, 1.807) is 25.2 Å². The molecule has 25 heavy (non-hydrogen) atoms. The largest absolute Gasteiger partial charge is 0.482 e. The van der Waals surface area contributed by atoms with Crippen molar-refractivity contribution in [2.75, 3.05) is 6.61 Å². The third kappa shape index (κ3) is 2.95. The topological polar surface area (TPSA) is 92.3 Å². The van der Waals surface area contributed by atoms with Crippen molar-refractivity contribution in [3.8, 4) is 22.9 Å². The standard InChI is InChI=1S/C19H14N2O4/c1-21-16(10-20)18(12-5-3-2-4-6-12)15-9-13(25-11-17(22)23)7-8-14(15)19(21)24/h2-9H,11H2,1H3,(H,22,23). The number of benzene rings is 2. The number of fused-ring (bicyclic) bond motifs is 1. The summed E-state index contributed by atoms with van der Waals surface area (Å²) in [6.45, 7) is -0.484. The van der Waals surface area contributed by atoms with E-state index in [0.717, 1.165) is 5.56 Å². The van der Waals surface area contributed by atoms with Gasteiger partial charge in [-0.15, -0.1) is 0 Å². The van der Waals surface area contributed by atoms with Gasteiger partial charge < -0.3 is 14.4 Å². The van der Waals surface area contributed by atoms with E-state index in [2.05, 4.69) is 6.07 Å². The highest BCUT2D eigenvalue weighted by atomic mass is 16.5. The number of pyridine rings is 1. The SMILES string of the molecule is Cn1c(C#N)c(-c2ccccc2)c2cc(OCC(=O)O)ccc2c1=O. The number of ether oxygens (including phenoxy) is 1. The molecular weight excluding hydrogens is 320 g/mol. The molecule has 3 rings (SSSR count). The summed E-state index contributed by atoms with van der Waals surface area (Å²) in [4.78, 5) is 23.2. The molecule has 0 unspecified atom stereocenters. The Kier molecular flexibility index (Phi) is 4.23. The molecule has 6 nitrogen and oxygen atoms in total. The van der Waals surface area contributed by atoms with Crippen LogP contribution in [0.15, 0.2) is 53.3 Å². The average molecular weight is 334 g/mol. The van der Waals surface area contributed by atoms with Crippen molar-refractivity contribution < 1.29 is 14.6 Å². The summed E-state index contributed by atoms with van der Waals surface area (Å²) in [6, 6.07) is 16.1. The van der Waals surface area contributed by atoms with Gasteiger partial charge in [0.2, 0.25) is 0 Å². The number of rotatable bonds is 4. The third-order valence-corrected chi connectivity index (χ3v) is 3.90. The van der Waals surface area contributed by atoms with Gasteiger partial charge in [0.15, 0.2) is 6.61 Å². The molecule has 0 radical (unpaired) electrons. The lowest BCUT2D eigenvalue weighted by Crippen LogP contribution is -2.20. The van der Waals surface area contributed by atoms with Crippen LogP contribution in [0.1, 0.15) is 5.69 Å². The zero-order valence-electron chi connectivity index (χ0n) is 13.4. The molecule has 0 atom stereocenters. The lowest BCUT2D eigenvalue weighted by Gasteiger charge is -2.14. The summed E-state index contributed by atoms with van der Waals surface area (Å²) >= 11 is 0. The number of hydrogen-bond acceptors (Lipinski definition) is 4. The molecule has 1 aromatic heterocycles. The van der Waals surface area contributed by atoms with Crippen LogP contribution in [0.4, 0.5) is 0 Å². The second-order valence-electron chi connectivity index (χ2n) is 5.46. The molecule has 0 amide bonds. The number of aliphatic carboxylic acids is 1. The summed E-state index contributed by atoms with van der Waals surface area (Å²) in [5.74, 6) is -0.769. The number of nitrogens with zero attached hydrogens (tertiary/aromatic N) is 2. The smallest absolute Gasteiger partial charge is 0.341 e. The predicted molar refractivity (Wildman–Crippen MR) is 92.5 cm³/mol. The highest BCUT2D eigenvalue weighted by Crippen LogP contribution is 2.32. The van der Waals surface area contributed by atoms with Gasteiger partial charge in [0.05, 0.1) is 0 Å². The fourth-order valence-corrected chi connectivity index (χ4v) is 2.76. The number of hydrogen-bond donors (Lipinski definition) is 1. The zero-order chi connectivity index (χ0) is 18.0. The van der Waals surface area contributed by atoms with E-state index in [1.807, 2.05) is 30.3 Å². The minimum Gasteiger partial charge on any atom is -0.482 e. The second kappa shape index (κ2) is 6.49. The maximum atomic E-state index is 12.5. The Labute approximate surface area is 143 Å². The van der Waals surface area contributed by atoms with Crippen LogP contribution in [0.25, 0.3) is 21.9 Å². The van der Waals surface area contributed by atoms with Gasteiger partial charge in [-0.05, 0) is 23.8 Å². The van der Waals surface area contributed by atoms with Gasteiger partial charge >= 0.3 is 5.97 Å². The van der Waals surface area contributed by atoms with E-state index >= 15 is 0 Å². The van der Waals surface area contributed by atoms with Crippen LogP contribution in [-0.4, -0.2) is 22.2 Å². The minimum atomic E-state index is -1.09. The first-order valence-corrected chi connectivity index (χ1v) is 7.49. The Hall–Kier alpha value is -3.59. The second-order valence-corrected chi connectivity index (χ2v) is 5.46. The van der Waals surface area contributed by atoms with Crippen molar-refractivity contribution in [3.05, 3.63) is 64.6 Å². The molecule has 124 valence electrons. The molecule has 0 aliphatic heterocycles. The van der Waals surface area contributed by atoms with E-state index in [4.69, 9.17) is 9.84 Å². The molecule has 0 bridgehead atoms. The van der Waals surface area contributed by atoms with Gasteiger partial charge in [-0.3, -0.25) is 4.79 Å². The molecular formula is C19H14N2O4. The lowest BCUT2D eigenvalue weighted by molar-refractivity contribution is -0.139. The van der Waals surface area contributed by atoms with Crippen molar-refractivity contribution in [3.63, 3.8) is 0 Å². The first kappa shape index (κ1) is 16.3. The molecule has 2 aromatic carbocycles. The first-order chi connectivity index (χ1) is 12.0. The van der Waals surface area contributed by atoms with E-state index in [9.17, 15) is 14.9 Å². The summed E-state index contributed by atoms with van der Waals surface area (Å²) in [5.41, 5.74) is 1.34. The zero-order valence-corrected chi connectivity index (χ0v) is 13.4. The van der Waals surface area contributed by atoms with Crippen LogP contribution >= 0.6 is 0 Å². The van der Waals surface area contributed by atoms with Crippen molar-refractivity contribution in [1.29, 1.82) is 5.26 Å². The Morgan fingerprint density at radius 1 is 1.20 bits per heavy atom. The van der Waals surface area contributed by atoms with Gasteiger partial charge in [0.25, 0.3) is 5.56 Å². The van der Waals surface area contributed by atoms with Crippen LogP contribution < -0.4 is 10.3 Å². The van der Waals surface area contributed by atoms with Gasteiger partial charge in [0, 0.05) is 23.4 Å². The molecule has 3 aromatic rings. The highest BCUT2D eigenvalue weighted by Gasteiger charge is 2.17. The minimum absolute atomic E-state index is 0.235. The van der Waals surface area contributed by atoms with Crippen molar-refractivity contribution in [1.82, 2.24) is 4.57 Å². The molecule has 0 fully saturated rings. The summed E-state index contributed by atoms with van der Waals surface area (Å²) in [6.07, 6.45) is 0. The number of carbonyl (C=O) groups is 1. The van der Waals surface area contributed by atoms with E-state index in [1.165, 1.54) is 4.57 Å². The average Bonchev–Trinajstić information content (AvgIpc) is 2.63. The Morgan fingerprint density at radius 2 is 1.92 bits per heavy atom. The summed E-state index contributed by atoms with van der Waals surface area (Å²) in [5, 5.41) is 19.3. The maximum Gasteiger partial charge on any atom is 0.341 e. The number of carboxylic acids is 1. The Morgan fingerprint density at radius 3 is 2.56 bits per heavy atom. The van der Waals surface area contributed by atoms with Gasteiger partial charge in [-0.25, -0.2) is 4.79 Å². The molecule has 1 heterocycles. The molecule has 0 saturated heterocycles. The monoisotopic (exact) mass is 334 g/mol.